The van der Waals surface area contributed by atoms with Crippen LogP contribution in [0.25, 0.3) is 0 Å². The molecule has 10 nitrogen and oxygen atoms in total. The monoisotopic (exact) mass is 778 g/mol. The summed E-state index contributed by atoms with van der Waals surface area (Å²) in [6, 6.07) is 3.99. The molecule has 4 atom stereocenters. The zero-order valence-electron chi connectivity index (χ0n) is 32.5. The Hall–Kier alpha value is -2.48. The molecule has 0 bridgehead atoms. The van der Waals surface area contributed by atoms with Gasteiger partial charge in [-0.05, 0) is 129 Å². The van der Waals surface area contributed by atoms with Crippen LogP contribution in [0, 0.1) is 22.7 Å². The van der Waals surface area contributed by atoms with Crippen LogP contribution in [0.5, 0.6) is 0 Å². The largest absolute Gasteiger partial charge is 0.549 e. The predicted molar refractivity (Wildman–Crippen MR) is 188 cm³/mol. The van der Waals surface area contributed by atoms with Crippen molar-refractivity contribution in [3.8, 4) is 0 Å². The Bertz CT molecular complexity index is 1040. The average Bonchev–Trinajstić information content (AvgIpc) is 4.08. The van der Waals surface area contributed by atoms with Gasteiger partial charge in [-0.1, -0.05) is 25.7 Å². The van der Waals surface area contributed by atoms with Crippen molar-refractivity contribution in [1.82, 2.24) is 0 Å². The predicted octanol–water partition coefficient (Wildman–Crippen LogP) is 3.57. The van der Waals surface area contributed by atoms with Gasteiger partial charge in [0.2, 0.25) is 12.9 Å². The van der Waals surface area contributed by atoms with E-state index in [1.807, 2.05) is 0 Å². The van der Waals surface area contributed by atoms with E-state index in [9.17, 15) is 47.0 Å². The third-order valence-electron chi connectivity index (χ3n) is 12.3. The van der Waals surface area contributed by atoms with Crippen LogP contribution in [0.3, 0.4) is 0 Å². The van der Waals surface area contributed by atoms with E-state index in [1.165, 1.54) is 142 Å². The number of carbonyl (C=O) groups excluding carboxylic acids is 4. The molecule has 0 radical (unpaired) electrons. The maximum atomic E-state index is 12.2. The van der Waals surface area contributed by atoms with Crippen molar-refractivity contribution < 1.29 is 67.1 Å². The average molecular weight is 779 g/mol. The van der Waals surface area contributed by atoms with Crippen molar-refractivity contribution in [1.29, 1.82) is 0 Å². The van der Waals surface area contributed by atoms with Crippen LogP contribution in [0.15, 0.2) is 0 Å². The van der Waals surface area contributed by atoms with E-state index in [0.717, 1.165) is 24.2 Å². The summed E-state index contributed by atoms with van der Waals surface area (Å²) in [6.45, 7) is 2.87. The Kier molecular flexibility index (Phi) is 19.5. The first-order valence-electron chi connectivity index (χ1n) is 20.9. The molecule has 6 saturated carbocycles. The second kappa shape index (κ2) is 22.9. The molecule has 0 amide bonds. The zero-order valence-corrected chi connectivity index (χ0v) is 32.5. The molecular formula is C40H66F4N2O8. The lowest BCUT2D eigenvalue weighted by atomic mass is 9.91. The summed E-state index contributed by atoms with van der Waals surface area (Å²) in [4.78, 5) is 43.4. The van der Waals surface area contributed by atoms with Crippen LogP contribution < -0.4 is 20.8 Å². The van der Waals surface area contributed by atoms with Gasteiger partial charge in [-0.25, -0.2) is 17.6 Å². The van der Waals surface area contributed by atoms with Crippen molar-refractivity contribution in [2.24, 2.45) is 22.7 Å². The fourth-order valence-electron chi connectivity index (χ4n) is 8.89. The number of carboxylic acids is 2. The van der Waals surface area contributed by atoms with Gasteiger partial charge >= 0.3 is 11.9 Å². The summed E-state index contributed by atoms with van der Waals surface area (Å²) in [6.07, 6.45) is 23.4. The van der Waals surface area contributed by atoms with Gasteiger partial charge in [-0.15, -0.1) is 0 Å². The van der Waals surface area contributed by atoms with Gasteiger partial charge in [-0.2, -0.15) is 0 Å². The first-order valence-corrected chi connectivity index (χ1v) is 20.9. The van der Waals surface area contributed by atoms with Gasteiger partial charge in [0.05, 0.1) is 49.3 Å². The second-order valence-corrected chi connectivity index (χ2v) is 16.2. The van der Waals surface area contributed by atoms with Gasteiger partial charge in [0, 0.05) is 11.8 Å². The number of carboxylic acid groups (broad SMARTS) is 2. The zero-order chi connectivity index (χ0) is 39.7. The molecule has 0 saturated heterocycles. The van der Waals surface area contributed by atoms with Crippen LogP contribution in [-0.2, 0) is 28.7 Å². The minimum Gasteiger partial charge on any atom is -0.549 e. The number of nitrogens with two attached hydrogens (primary N) is 2. The number of aliphatic carboxylic acids is 2. The molecule has 6 aliphatic rings. The number of alkyl halides is 4. The lowest BCUT2D eigenvalue weighted by Gasteiger charge is -2.27. The molecule has 0 unspecified atom stereocenters. The summed E-state index contributed by atoms with van der Waals surface area (Å²) < 4.78 is 57.5. The van der Waals surface area contributed by atoms with E-state index in [2.05, 4.69) is 20.1 Å². The quantitative estimate of drug-likeness (QED) is 0.173. The van der Waals surface area contributed by atoms with Crippen molar-refractivity contribution in [2.45, 2.75) is 192 Å². The lowest BCUT2D eigenvalue weighted by molar-refractivity contribution is -0.726. The van der Waals surface area contributed by atoms with Gasteiger partial charge in [0.15, 0.2) is 0 Å². The highest BCUT2D eigenvalue weighted by Gasteiger charge is 2.67. The topological polar surface area (TPSA) is 166 Å². The number of esters is 2. The van der Waals surface area contributed by atoms with Crippen LogP contribution in [0.4, 0.5) is 17.6 Å². The molecule has 0 aromatic heterocycles. The highest BCUT2D eigenvalue weighted by Crippen LogP contribution is 2.57. The molecular weight excluding hydrogens is 712 g/mol. The van der Waals surface area contributed by atoms with E-state index >= 15 is 0 Å². The molecule has 6 rings (SSSR count). The summed E-state index contributed by atoms with van der Waals surface area (Å²) in [5, 5.41) is 26.6. The normalized spacial score (nSPS) is 29.0. The van der Waals surface area contributed by atoms with E-state index in [4.69, 9.17) is 0 Å². The molecule has 312 valence electrons. The number of rotatable bonds is 12. The summed E-state index contributed by atoms with van der Waals surface area (Å²) >= 11 is 0. The van der Waals surface area contributed by atoms with Crippen molar-refractivity contribution in [3.63, 3.8) is 0 Å². The second-order valence-electron chi connectivity index (χ2n) is 16.2. The van der Waals surface area contributed by atoms with Crippen molar-refractivity contribution >= 4 is 23.9 Å². The van der Waals surface area contributed by atoms with E-state index in [-0.39, 0.29) is 13.2 Å². The van der Waals surface area contributed by atoms with Crippen molar-refractivity contribution in [3.05, 3.63) is 0 Å². The Balaban J connectivity index is 0.000000194. The summed E-state index contributed by atoms with van der Waals surface area (Å²) in [5.41, 5.74) is -4.21. The third kappa shape index (κ3) is 13.3. The Morgan fingerprint density at radius 1 is 0.519 bits per heavy atom. The van der Waals surface area contributed by atoms with Crippen LogP contribution >= 0.6 is 0 Å². The van der Waals surface area contributed by atoms with Crippen molar-refractivity contribution in [2.75, 3.05) is 13.2 Å². The number of hydrogen-bond donors (Lipinski definition) is 2. The molecule has 0 heterocycles. The fourth-order valence-corrected chi connectivity index (χ4v) is 8.89. The van der Waals surface area contributed by atoms with Crippen LogP contribution in [0.1, 0.15) is 155 Å². The minimum atomic E-state index is -2.84. The molecule has 6 aliphatic carbocycles. The number of halogens is 4. The highest BCUT2D eigenvalue weighted by molar-refractivity contribution is 6.02. The highest BCUT2D eigenvalue weighted by atomic mass is 19.3. The lowest BCUT2D eigenvalue weighted by Crippen LogP contribution is -2.95. The first kappa shape index (κ1) is 45.9. The standard InChI is InChI=1S/2C12H23N.2C8H10F2O4/c2*1-3-7-11(8-4-1)13-12-9-5-2-6-10-12;2*1-2-14-7(13)8(6(11)12)3-4(8)5(9)10/h2*11-13H,1-10H2;2*4-5H,2-3H2,1H3,(H,11,12)/t;;2*4-,8-/m..11/s1. The number of hydrogen-bond acceptors (Lipinski definition) is 8. The smallest absolute Gasteiger partial charge is 0.318 e. The van der Waals surface area contributed by atoms with E-state index < -0.39 is 72.2 Å². The van der Waals surface area contributed by atoms with Gasteiger partial charge in [0.25, 0.3) is 0 Å². The number of ether oxygens (including phenoxy) is 2. The molecule has 4 N–H and O–H groups in total. The Labute approximate surface area is 318 Å². The first-order chi connectivity index (χ1) is 25.8. The van der Waals surface area contributed by atoms with Gasteiger partial charge < -0.3 is 39.9 Å². The molecule has 0 aromatic carbocycles. The third-order valence-corrected chi connectivity index (χ3v) is 12.3. The molecule has 0 aromatic rings. The number of carbonyl (C=O) groups is 4. The van der Waals surface area contributed by atoms with Crippen LogP contribution in [0.2, 0.25) is 0 Å². The molecule has 54 heavy (non-hydrogen) atoms. The maximum Gasteiger partial charge on any atom is 0.318 e. The molecule has 0 aliphatic heterocycles. The Morgan fingerprint density at radius 3 is 0.926 bits per heavy atom. The molecule has 14 heteroatoms. The SMILES string of the molecule is C1CCC([NH2+]C2CCCCC2)CC1.C1CCC([NH2+]C2CCCCC2)CC1.CCOC(=O)[C@]1(C(=O)[O-])C[C@@H]1C(F)F.CCOC(=O)[C@]1(C(=O)[O-])C[C@@H]1C(F)F. The Morgan fingerprint density at radius 2 is 0.759 bits per heavy atom. The number of quaternary nitrogens is 2. The van der Waals surface area contributed by atoms with Crippen LogP contribution in [-0.4, -0.2) is 74.1 Å². The fraction of sp³-hybridized carbons (Fsp3) is 0.900. The minimum absolute atomic E-state index is 0.0379. The van der Waals surface area contributed by atoms with Gasteiger partial charge in [0.1, 0.15) is 10.8 Å². The van der Waals surface area contributed by atoms with E-state index in [1.54, 1.807) is 0 Å². The summed E-state index contributed by atoms with van der Waals surface area (Å²) in [5.74, 6) is -8.73. The van der Waals surface area contributed by atoms with Gasteiger partial charge in [-0.3, -0.25) is 9.59 Å². The maximum absolute atomic E-state index is 12.2. The molecule has 0 spiro atoms. The summed E-state index contributed by atoms with van der Waals surface area (Å²) in [7, 11) is 0. The van der Waals surface area contributed by atoms with E-state index in [0.29, 0.717) is 0 Å². The molecule has 6 fully saturated rings.